The van der Waals surface area contributed by atoms with E-state index in [4.69, 9.17) is 16.3 Å². The van der Waals surface area contributed by atoms with Crippen LogP contribution < -0.4 is 9.46 Å². The zero-order chi connectivity index (χ0) is 16.2. The molecule has 0 aromatic heterocycles. The van der Waals surface area contributed by atoms with E-state index in [9.17, 15) is 8.42 Å². The zero-order valence-corrected chi connectivity index (χ0v) is 14.0. The van der Waals surface area contributed by atoms with Gasteiger partial charge in [0, 0.05) is 11.6 Å². The first kappa shape index (κ1) is 16.8. The Labute approximate surface area is 136 Å². The number of benzene rings is 2. The number of aryl methyl sites for hydroxylation is 1. The number of nitrogens with one attached hydrogen (secondary N) is 1. The van der Waals surface area contributed by atoms with Crippen molar-refractivity contribution in [3.63, 3.8) is 0 Å². The molecule has 6 heteroatoms. The van der Waals surface area contributed by atoms with Gasteiger partial charge in [-0.3, -0.25) is 0 Å². The normalized spacial score (nSPS) is 11.4. The molecule has 118 valence electrons. The van der Waals surface area contributed by atoms with Gasteiger partial charge in [0.1, 0.15) is 5.75 Å². The van der Waals surface area contributed by atoms with Gasteiger partial charge in [0.15, 0.2) is 0 Å². The molecule has 0 unspecified atom stereocenters. The highest BCUT2D eigenvalue weighted by Gasteiger charge is 2.14. The van der Waals surface area contributed by atoms with Crippen molar-refractivity contribution in [2.45, 2.75) is 18.2 Å². The molecule has 0 radical (unpaired) electrons. The van der Waals surface area contributed by atoms with Crippen molar-refractivity contribution >= 4 is 21.6 Å². The van der Waals surface area contributed by atoms with Gasteiger partial charge in [0.05, 0.1) is 12.0 Å². The monoisotopic (exact) mass is 339 g/mol. The van der Waals surface area contributed by atoms with Crippen molar-refractivity contribution in [1.29, 1.82) is 0 Å². The predicted molar refractivity (Wildman–Crippen MR) is 88.1 cm³/mol. The van der Waals surface area contributed by atoms with E-state index >= 15 is 0 Å². The highest BCUT2D eigenvalue weighted by atomic mass is 35.5. The Morgan fingerprint density at radius 1 is 1.14 bits per heavy atom. The summed E-state index contributed by atoms with van der Waals surface area (Å²) in [6, 6.07) is 12.1. The first-order valence-corrected chi connectivity index (χ1v) is 8.67. The Hall–Kier alpha value is -1.56. The maximum Gasteiger partial charge on any atom is 0.240 e. The van der Waals surface area contributed by atoms with Crippen molar-refractivity contribution in [1.82, 2.24) is 4.72 Å². The molecule has 2 rings (SSSR count). The van der Waals surface area contributed by atoms with E-state index in [1.54, 1.807) is 31.4 Å². The lowest BCUT2D eigenvalue weighted by Crippen LogP contribution is -2.26. The van der Waals surface area contributed by atoms with Crippen LogP contribution >= 0.6 is 11.6 Å². The van der Waals surface area contributed by atoms with E-state index in [2.05, 4.69) is 4.72 Å². The van der Waals surface area contributed by atoms with E-state index in [0.29, 0.717) is 23.7 Å². The summed E-state index contributed by atoms with van der Waals surface area (Å²) in [5, 5.41) is 0.665. The summed E-state index contributed by atoms with van der Waals surface area (Å²) < 4.78 is 32.2. The van der Waals surface area contributed by atoms with Crippen molar-refractivity contribution < 1.29 is 13.2 Å². The summed E-state index contributed by atoms with van der Waals surface area (Å²) in [4.78, 5) is 0.238. The first-order valence-electron chi connectivity index (χ1n) is 6.81. The maximum absolute atomic E-state index is 12.3. The molecular weight excluding hydrogens is 322 g/mol. The van der Waals surface area contributed by atoms with Gasteiger partial charge in [-0.25, -0.2) is 13.1 Å². The van der Waals surface area contributed by atoms with Gasteiger partial charge >= 0.3 is 0 Å². The summed E-state index contributed by atoms with van der Waals surface area (Å²) in [5.41, 5.74) is 1.81. The standard InChI is InChI=1S/C16H18ClNO3S/c1-12-11-15(7-8-16(12)21-2)22(19,20)18-10-9-13-3-5-14(17)6-4-13/h3-8,11,18H,9-10H2,1-2H3. The highest BCUT2D eigenvalue weighted by molar-refractivity contribution is 7.89. The van der Waals surface area contributed by atoms with Crippen molar-refractivity contribution in [2.24, 2.45) is 0 Å². The molecule has 0 atom stereocenters. The Morgan fingerprint density at radius 2 is 1.82 bits per heavy atom. The van der Waals surface area contributed by atoms with Crippen LogP contribution in [0.2, 0.25) is 5.02 Å². The number of sulfonamides is 1. The number of ether oxygens (including phenoxy) is 1. The third-order valence-electron chi connectivity index (χ3n) is 3.30. The van der Waals surface area contributed by atoms with E-state index in [1.807, 2.05) is 19.1 Å². The number of halogens is 1. The van der Waals surface area contributed by atoms with Gasteiger partial charge in [-0.05, 0) is 54.8 Å². The van der Waals surface area contributed by atoms with Crippen molar-refractivity contribution in [3.05, 3.63) is 58.6 Å². The van der Waals surface area contributed by atoms with E-state index < -0.39 is 10.0 Å². The summed E-state index contributed by atoms with van der Waals surface area (Å²) >= 11 is 5.82. The molecule has 0 spiro atoms. The zero-order valence-electron chi connectivity index (χ0n) is 12.5. The van der Waals surface area contributed by atoms with Crippen LogP contribution in [-0.2, 0) is 16.4 Å². The minimum absolute atomic E-state index is 0.238. The smallest absolute Gasteiger partial charge is 0.240 e. The second-order valence-corrected chi connectivity index (χ2v) is 7.11. The molecular formula is C16H18ClNO3S. The average Bonchev–Trinajstić information content (AvgIpc) is 2.49. The van der Waals surface area contributed by atoms with E-state index in [1.165, 1.54) is 6.07 Å². The fourth-order valence-electron chi connectivity index (χ4n) is 2.08. The SMILES string of the molecule is COc1ccc(S(=O)(=O)NCCc2ccc(Cl)cc2)cc1C. The second-order valence-electron chi connectivity index (χ2n) is 4.91. The number of rotatable bonds is 6. The summed E-state index contributed by atoms with van der Waals surface area (Å²) in [6.45, 7) is 2.14. The molecule has 0 aliphatic carbocycles. The average molecular weight is 340 g/mol. The minimum atomic E-state index is -3.52. The number of methoxy groups -OCH3 is 1. The van der Waals surface area contributed by atoms with Crippen LogP contribution in [0.15, 0.2) is 47.4 Å². The molecule has 4 nitrogen and oxygen atoms in total. The third-order valence-corrected chi connectivity index (χ3v) is 5.01. The van der Waals surface area contributed by atoms with Crippen LogP contribution in [-0.4, -0.2) is 22.1 Å². The van der Waals surface area contributed by atoms with Gasteiger partial charge < -0.3 is 4.74 Å². The molecule has 0 bridgehead atoms. The summed E-state index contributed by atoms with van der Waals surface area (Å²) in [5.74, 6) is 0.667. The number of hydrogen-bond donors (Lipinski definition) is 1. The van der Waals surface area contributed by atoms with E-state index in [0.717, 1.165) is 11.1 Å². The van der Waals surface area contributed by atoms with Gasteiger partial charge in [-0.1, -0.05) is 23.7 Å². The molecule has 0 heterocycles. The molecule has 2 aromatic carbocycles. The minimum Gasteiger partial charge on any atom is -0.496 e. The lowest BCUT2D eigenvalue weighted by molar-refractivity contribution is 0.411. The van der Waals surface area contributed by atoms with Crippen molar-refractivity contribution in [3.8, 4) is 5.75 Å². The van der Waals surface area contributed by atoms with E-state index in [-0.39, 0.29) is 4.90 Å². The quantitative estimate of drug-likeness (QED) is 0.879. The Balaban J connectivity index is 2.02. The van der Waals surface area contributed by atoms with Crippen LogP contribution in [0, 0.1) is 6.92 Å². The largest absolute Gasteiger partial charge is 0.496 e. The summed E-state index contributed by atoms with van der Waals surface area (Å²) in [6.07, 6.45) is 0.603. The van der Waals surface area contributed by atoms with Gasteiger partial charge in [-0.15, -0.1) is 0 Å². The van der Waals surface area contributed by atoms with Crippen LogP contribution in [0.1, 0.15) is 11.1 Å². The fraction of sp³-hybridized carbons (Fsp3) is 0.250. The molecule has 0 saturated heterocycles. The number of hydrogen-bond acceptors (Lipinski definition) is 3. The van der Waals surface area contributed by atoms with Crippen molar-refractivity contribution in [2.75, 3.05) is 13.7 Å². The fourth-order valence-corrected chi connectivity index (χ4v) is 3.32. The lowest BCUT2D eigenvalue weighted by Gasteiger charge is -2.10. The van der Waals surface area contributed by atoms with Gasteiger partial charge in [0.25, 0.3) is 0 Å². The van der Waals surface area contributed by atoms with Gasteiger partial charge in [-0.2, -0.15) is 0 Å². The molecule has 0 fully saturated rings. The molecule has 22 heavy (non-hydrogen) atoms. The molecule has 0 aliphatic rings. The second kappa shape index (κ2) is 7.13. The van der Waals surface area contributed by atoms with Crippen LogP contribution in [0.3, 0.4) is 0 Å². The Morgan fingerprint density at radius 3 is 2.41 bits per heavy atom. The van der Waals surface area contributed by atoms with Gasteiger partial charge in [0.2, 0.25) is 10.0 Å². The lowest BCUT2D eigenvalue weighted by atomic mass is 10.2. The highest BCUT2D eigenvalue weighted by Crippen LogP contribution is 2.21. The van der Waals surface area contributed by atoms with Crippen LogP contribution in [0.4, 0.5) is 0 Å². The first-order chi connectivity index (χ1) is 10.4. The Bertz CT molecular complexity index is 742. The molecule has 0 saturated carbocycles. The molecule has 2 aromatic rings. The molecule has 0 aliphatic heterocycles. The topological polar surface area (TPSA) is 55.4 Å². The molecule has 0 amide bonds. The molecule has 1 N–H and O–H groups in total. The predicted octanol–water partition coefficient (Wildman–Crippen LogP) is 3.18. The summed E-state index contributed by atoms with van der Waals surface area (Å²) in [7, 11) is -1.96. The van der Waals surface area contributed by atoms with Crippen LogP contribution in [0.5, 0.6) is 5.75 Å². The maximum atomic E-state index is 12.3. The van der Waals surface area contributed by atoms with Crippen LogP contribution in [0.25, 0.3) is 0 Å². The Kier molecular flexibility index (Phi) is 5.45. The third kappa shape index (κ3) is 4.22.